The van der Waals surface area contributed by atoms with Crippen LogP contribution in [0.1, 0.15) is 21.7 Å². The lowest BCUT2D eigenvalue weighted by atomic mass is 10.0. The number of aryl methyl sites for hydroxylation is 2. The van der Waals surface area contributed by atoms with Crippen LogP contribution >= 0.6 is 0 Å². The zero-order chi connectivity index (χ0) is 23.7. The number of anilines is 1. The van der Waals surface area contributed by atoms with Crippen LogP contribution in [0.2, 0.25) is 0 Å². The van der Waals surface area contributed by atoms with Crippen LogP contribution in [-0.2, 0) is 13.6 Å². The number of pyridine rings is 1. The molecular formula is C26H23N7O. The van der Waals surface area contributed by atoms with Crippen molar-refractivity contribution in [3.05, 3.63) is 90.0 Å². The average Bonchev–Trinajstić information content (AvgIpc) is 3.19. The molecule has 34 heavy (non-hydrogen) atoms. The summed E-state index contributed by atoms with van der Waals surface area (Å²) in [5.74, 6) is -0.335. The van der Waals surface area contributed by atoms with Crippen molar-refractivity contribution in [2.45, 2.75) is 13.5 Å². The van der Waals surface area contributed by atoms with Gasteiger partial charge in [0, 0.05) is 36.0 Å². The molecule has 0 bridgehead atoms. The van der Waals surface area contributed by atoms with Crippen molar-refractivity contribution in [3.8, 4) is 22.5 Å². The molecule has 0 aliphatic heterocycles. The van der Waals surface area contributed by atoms with Gasteiger partial charge in [-0.05, 0) is 30.7 Å². The Bertz CT molecular complexity index is 1510. The predicted octanol–water partition coefficient (Wildman–Crippen LogP) is 3.91. The van der Waals surface area contributed by atoms with E-state index >= 15 is 0 Å². The molecule has 2 aromatic carbocycles. The van der Waals surface area contributed by atoms with Crippen LogP contribution < -0.4 is 11.1 Å². The molecule has 0 fully saturated rings. The zero-order valence-corrected chi connectivity index (χ0v) is 18.9. The average molecular weight is 450 g/mol. The zero-order valence-electron chi connectivity index (χ0n) is 18.9. The summed E-state index contributed by atoms with van der Waals surface area (Å²) in [6, 6.07) is 19.4. The van der Waals surface area contributed by atoms with E-state index in [2.05, 4.69) is 20.4 Å². The van der Waals surface area contributed by atoms with E-state index in [0.717, 1.165) is 33.3 Å². The number of aromatic nitrogens is 5. The Morgan fingerprint density at radius 3 is 2.56 bits per heavy atom. The number of fused-ring (bicyclic) bond motifs is 1. The molecule has 1 amide bonds. The van der Waals surface area contributed by atoms with E-state index in [4.69, 9.17) is 10.7 Å². The number of carbonyl (C=O) groups is 1. The maximum Gasteiger partial charge on any atom is 0.274 e. The third-order valence-corrected chi connectivity index (χ3v) is 5.59. The first kappa shape index (κ1) is 21.3. The first-order chi connectivity index (χ1) is 16.5. The number of rotatable bonds is 5. The number of nitrogens with one attached hydrogen (secondary N) is 1. The molecule has 0 spiro atoms. The van der Waals surface area contributed by atoms with Gasteiger partial charge in [-0.1, -0.05) is 42.5 Å². The Hall–Kier alpha value is -4.59. The van der Waals surface area contributed by atoms with Crippen molar-refractivity contribution in [3.63, 3.8) is 0 Å². The number of nitrogens with two attached hydrogens (primary N) is 1. The van der Waals surface area contributed by atoms with Gasteiger partial charge in [-0.25, -0.2) is 9.97 Å². The van der Waals surface area contributed by atoms with Crippen molar-refractivity contribution in [2.24, 2.45) is 7.05 Å². The van der Waals surface area contributed by atoms with E-state index in [1.165, 1.54) is 0 Å². The van der Waals surface area contributed by atoms with Gasteiger partial charge in [-0.15, -0.1) is 0 Å². The van der Waals surface area contributed by atoms with Crippen molar-refractivity contribution in [1.29, 1.82) is 0 Å². The van der Waals surface area contributed by atoms with Gasteiger partial charge in [0.1, 0.15) is 0 Å². The molecule has 5 aromatic rings. The second-order valence-electron chi connectivity index (χ2n) is 8.05. The lowest BCUT2D eigenvalue weighted by molar-refractivity contribution is 0.0946. The van der Waals surface area contributed by atoms with E-state index < -0.39 is 5.91 Å². The van der Waals surface area contributed by atoms with Gasteiger partial charge in [-0.2, -0.15) is 5.10 Å². The van der Waals surface area contributed by atoms with Crippen molar-refractivity contribution in [2.75, 3.05) is 5.73 Å². The lowest BCUT2D eigenvalue weighted by Gasteiger charge is -2.13. The summed E-state index contributed by atoms with van der Waals surface area (Å²) in [6.07, 6.45) is 3.66. The van der Waals surface area contributed by atoms with Gasteiger partial charge in [0.2, 0.25) is 0 Å². The van der Waals surface area contributed by atoms with Crippen molar-refractivity contribution in [1.82, 2.24) is 30.0 Å². The highest BCUT2D eigenvalue weighted by Gasteiger charge is 2.20. The minimum atomic E-state index is -0.404. The molecule has 0 aliphatic carbocycles. The highest BCUT2D eigenvalue weighted by Crippen LogP contribution is 2.32. The summed E-state index contributed by atoms with van der Waals surface area (Å²) in [4.78, 5) is 26.8. The van der Waals surface area contributed by atoms with Crippen molar-refractivity contribution < 1.29 is 4.79 Å². The van der Waals surface area contributed by atoms with Crippen molar-refractivity contribution >= 4 is 22.6 Å². The smallest absolute Gasteiger partial charge is 0.274 e. The molecule has 8 heteroatoms. The van der Waals surface area contributed by atoms with Crippen LogP contribution in [0.3, 0.4) is 0 Å². The molecule has 0 aliphatic rings. The Morgan fingerprint density at radius 1 is 1.00 bits per heavy atom. The summed E-state index contributed by atoms with van der Waals surface area (Å²) in [5, 5.41) is 8.21. The number of hydrogen-bond acceptors (Lipinski definition) is 6. The number of carbonyl (C=O) groups excluding carboxylic acids is 1. The molecule has 3 N–H and O–H groups in total. The second kappa shape index (κ2) is 8.74. The Balaban J connectivity index is 1.58. The third kappa shape index (κ3) is 4.09. The fourth-order valence-corrected chi connectivity index (χ4v) is 3.91. The highest BCUT2D eigenvalue weighted by atomic mass is 16.1. The Labute approximate surface area is 196 Å². The normalized spacial score (nSPS) is 11.0. The molecule has 168 valence electrons. The molecule has 8 nitrogen and oxygen atoms in total. The maximum atomic E-state index is 13.1. The fraction of sp³-hybridized carbons (Fsp3) is 0.115. The molecule has 3 aromatic heterocycles. The SMILES string of the molecule is Cc1cn(C)nc1CNC(=O)c1nc(-c2ccc3ncccc3c2)c(-c2ccccc2)nc1N. The number of nitrogens with zero attached hydrogens (tertiary/aromatic N) is 5. The summed E-state index contributed by atoms with van der Waals surface area (Å²) in [5.41, 5.74) is 11.8. The Kier molecular flexibility index (Phi) is 5.47. The lowest BCUT2D eigenvalue weighted by Crippen LogP contribution is -2.26. The topological polar surface area (TPSA) is 112 Å². The van der Waals surface area contributed by atoms with E-state index in [-0.39, 0.29) is 18.1 Å². The maximum absolute atomic E-state index is 13.1. The number of nitrogen functional groups attached to an aromatic ring is 1. The van der Waals surface area contributed by atoms with E-state index in [1.807, 2.05) is 80.8 Å². The van der Waals surface area contributed by atoms with Gasteiger partial charge in [0.05, 0.1) is 29.1 Å². The van der Waals surface area contributed by atoms with Crippen LogP contribution in [0.25, 0.3) is 33.4 Å². The molecule has 0 saturated heterocycles. The van der Waals surface area contributed by atoms with Crippen LogP contribution in [0.5, 0.6) is 0 Å². The largest absolute Gasteiger partial charge is 0.382 e. The summed E-state index contributed by atoms with van der Waals surface area (Å²) in [7, 11) is 1.84. The van der Waals surface area contributed by atoms with Gasteiger partial charge < -0.3 is 11.1 Å². The molecule has 0 saturated carbocycles. The minimum Gasteiger partial charge on any atom is -0.382 e. The monoisotopic (exact) mass is 449 g/mol. The standard InChI is InChI=1S/C26H23N7O/c1-16-15-33(2)32-21(16)14-29-26(34)24-25(27)31-22(17-7-4-3-5-8-17)23(30-24)19-10-11-20-18(13-19)9-6-12-28-20/h3-13,15H,14H2,1-2H3,(H2,27,31)(H,29,34). The minimum absolute atomic E-state index is 0.0697. The van der Waals surface area contributed by atoms with Gasteiger partial charge in [0.15, 0.2) is 11.5 Å². The molecule has 0 atom stereocenters. The first-order valence-corrected chi connectivity index (χ1v) is 10.8. The highest BCUT2D eigenvalue weighted by molar-refractivity contribution is 5.98. The fourth-order valence-electron chi connectivity index (χ4n) is 3.91. The van der Waals surface area contributed by atoms with E-state index in [9.17, 15) is 4.79 Å². The second-order valence-corrected chi connectivity index (χ2v) is 8.05. The Morgan fingerprint density at radius 2 is 1.79 bits per heavy atom. The van der Waals surface area contributed by atoms with Crippen LogP contribution in [-0.4, -0.2) is 30.6 Å². The predicted molar refractivity (Wildman–Crippen MR) is 132 cm³/mol. The number of amides is 1. The third-order valence-electron chi connectivity index (χ3n) is 5.59. The summed E-state index contributed by atoms with van der Waals surface area (Å²) in [6.45, 7) is 2.22. The van der Waals surface area contributed by atoms with Crippen LogP contribution in [0, 0.1) is 6.92 Å². The first-order valence-electron chi connectivity index (χ1n) is 10.8. The van der Waals surface area contributed by atoms with Crippen LogP contribution in [0.15, 0.2) is 73.1 Å². The molecular weight excluding hydrogens is 426 g/mol. The molecule has 3 heterocycles. The van der Waals surface area contributed by atoms with Gasteiger partial charge in [-0.3, -0.25) is 14.5 Å². The quantitative estimate of drug-likeness (QED) is 0.421. The van der Waals surface area contributed by atoms with Crippen LogP contribution in [0.4, 0.5) is 5.82 Å². The molecule has 5 rings (SSSR count). The van der Waals surface area contributed by atoms with E-state index in [1.54, 1.807) is 10.9 Å². The van der Waals surface area contributed by atoms with Gasteiger partial charge >= 0.3 is 0 Å². The summed E-state index contributed by atoms with van der Waals surface area (Å²) >= 11 is 0. The molecule has 0 radical (unpaired) electrons. The number of benzene rings is 2. The number of hydrogen-bond donors (Lipinski definition) is 2. The molecule has 0 unspecified atom stereocenters. The summed E-state index contributed by atoms with van der Waals surface area (Å²) < 4.78 is 1.71. The van der Waals surface area contributed by atoms with Gasteiger partial charge in [0.25, 0.3) is 5.91 Å². The van der Waals surface area contributed by atoms with E-state index in [0.29, 0.717) is 11.4 Å².